The Morgan fingerprint density at radius 3 is 1.90 bits per heavy atom. The van der Waals surface area contributed by atoms with Gasteiger partial charge < -0.3 is 25.3 Å². The van der Waals surface area contributed by atoms with Gasteiger partial charge in [0.15, 0.2) is 0 Å². The first-order chi connectivity index (χ1) is 14.5. The number of hydrogen-bond donors (Lipinski definition) is 2. The van der Waals surface area contributed by atoms with E-state index in [2.05, 4.69) is 10.0 Å². The molecular formula is C22H23F2N3O3. The molecule has 0 unspecified atom stereocenters. The maximum absolute atomic E-state index is 12.7. The Morgan fingerprint density at radius 2 is 1.43 bits per heavy atom. The first-order valence-corrected chi connectivity index (χ1v) is 9.58. The van der Waals surface area contributed by atoms with E-state index in [4.69, 9.17) is 27.0 Å². The monoisotopic (exact) mass is 415 g/mol. The summed E-state index contributed by atoms with van der Waals surface area (Å²) in [4.78, 5) is 3.43. The zero-order valence-electron chi connectivity index (χ0n) is 16.2. The van der Waals surface area contributed by atoms with Gasteiger partial charge in [0.2, 0.25) is 6.04 Å². The van der Waals surface area contributed by atoms with Crippen molar-refractivity contribution in [2.24, 2.45) is 16.8 Å². The third-order valence-corrected chi connectivity index (χ3v) is 5.17. The van der Waals surface area contributed by atoms with Crippen LogP contribution in [0.25, 0.3) is 4.85 Å². The minimum Gasteiger partial charge on any atom is -0.409 e. The molecule has 2 aliphatic heterocycles. The van der Waals surface area contributed by atoms with Gasteiger partial charge in [0.25, 0.3) is 0 Å². The Kier molecular flexibility index (Phi) is 7.33. The number of oxime groups is 1. The molecule has 158 valence electrons. The van der Waals surface area contributed by atoms with Crippen molar-refractivity contribution in [1.29, 1.82) is 0 Å². The van der Waals surface area contributed by atoms with Crippen molar-refractivity contribution in [3.8, 4) is 0 Å². The zero-order chi connectivity index (χ0) is 21.5. The average Bonchev–Trinajstić information content (AvgIpc) is 3.45. The lowest BCUT2D eigenvalue weighted by atomic mass is 10.00. The largest absolute Gasteiger partial charge is 0.409 e. The predicted octanol–water partition coefficient (Wildman–Crippen LogP) is 4.22. The van der Waals surface area contributed by atoms with E-state index >= 15 is 0 Å². The quantitative estimate of drug-likeness (QED) is 0.259. The van der Waals surface area contributed by atoms with Crippen LogP contribution in [0, 0.1) is 24.1 Å². The Balaban J connectivity index is 0.000000172. The summed E-state index contributed by atoms with van der Waals surface area (Å²) in [5, 5.41) is 11.5. The molecule has 2 aromatic carbocycles. The van der Waals surface area contributed by atoms with Crippen LogP contribution in [0.2, 0.25) is 0 Å². The molecule has 30 heavy (non-hydrogen) atoms. The molecule has 2 heterocycles. The maximum atomic E-state index is 12.7. The van der Waals surface area contributed by atoms with Gasteiger partial charge in [-0.05, 0) is 41.8 Å². The third-order valence-electron chi connectivity index (χ3n) is 5.17. The standard InChI is InChI=1S/C11H13FN2O2.C11H10FNO/c12-9-3-1-7(2-4-9)10-5-8(6-16-10)11(13)14-15;1-13-10-6-11(14-7-10)8-2-4-9(12)5-3-8/h1-4,8,10,15H,5-6H2,(H2,13,14);2-5,10-11H,6-7H2/t8-,10+;10-,11+/m00/s1. The SMILES string of the molecule is N/C(=N\O)[C@@H]1CO[C@@H](c2ccc(F)cc2)C1.[C-]#[N+][C@@H]1CO[C@@H](c2ccc(F)cc2)C1. The fraction of sp³-hybridized carbons (Fsp3) is 0.364. The van der Waals surface area contributed by atoms with E-state index in [0.29, 0.717) is 19.6 Å². The zero-order valence-corrected chi connectivity index (χ0v) is 16.2. The van der Waals surface area contributed by atoms with Gasteiger partial charge in [0.05, 0.1) is 25.2 Å². The van der Waals surface area contributed by atoms with Gasteiger partial charge in [-0.25, -0.2) is 15.4 Å². The van der Waals surface area contributed by atoms with Crippen LogP contribution in [-0.4, -0.2) is 30.3 Å². The minimum absolute atomic E-state index is 0.0327. The van der Waals surface area contributed by atoms with Crippen LogP contribution in [0.3, 0.4) is 0 Å². The highest BCUT2D eigenvalue weighted by atomic mass is 19.1. The third kappa shape index (κ3) is 5.53. The Morgan fingerprint density at radius 1 is 0.933 bits per heavy atom. The summed E-state index contributed by atoms with van der Waals surface area (Å²) in [6.07, 6.45) is 1.23. The first-order valence-electron chi connectivity index (χ1n) is 9.58. The number of benzene rings is 2. The van der Waals surface area contributed by atoms with Crippen molar-refractivity contribution in [1.82, 2.24) is 0 Å². The van der Waals surface area contributed by atoms with Crippen LogP contribution in [0.5, 0.6) is 0 Å². The smallest absolute Gasteiger partial charge is 0.249 e. The van der Waals surface area contributed by atoms with Gasteiger partial charge in [0.1, 0.15) is 24.1 Å². The lowest BCUT2D eigenvalue weighted by Gasteiger charge is -2.09. The van der Waals surface area contributed by atoms with Crippen LogP contribution < -0.4 is 5.73 Å². The van der Waals surface area contributed by atoms with Crippen molar-refractivity contribution in [2.75, 3.05) is 13.2 Å². The van der Waals surface area contributed by atoms with Gasteiger partial charge in [0, 0.05) is 5.92 Å². The summed E-state index contributed by atoms with van der Waals surface area (Å²) in [5.41, 5.74) is 7.37. The second-order valence-electron chi connectivity index (χ2n) is 7.22. The molecule has 6 nitrogen and oxygen atoms in total. The van der Waals surface area contributed by atoms with E-state index in [9.17, 15) is 8.78 Å². The fourth-order valence-corrected chi connectivity index (χ4v) is 3.43. The molecule has 0 aromatic heterocycles. The molecule has 0 bridgehead atoms. The summed E-state index contributed by atoms with van der Waals surface area (Å²) in [7, 11) is 0. The molecule has 4 rings (SSSR count). The topological polar surface area (TPSA) is 81.4 Å². The van der Waals surface area contributed by atoms with Gasteiger partial charge in [-0.2, -0.15) is 0 Å². The molecule has 3 N–H and O–H groups in total. The van der Waals surface area contributed by atoms with E-state index in [0.717, 1.165) is 17.5 Å². The number of hydrogen-bond acceptors (Lipinski definition) is 4. The number of ether oxygens (including phenoxy) is 2. The Bertz CT molecular complexity index is 897. The number of amidine groups is 1. The van der Waals surface area contributed by atoms with Crippen LogP contribution in [0.1, 0.15) is 36.2 Å². The first kappa shape index (κ1) is 21.7. The van der Waals surface area contributed by atoms with Crippen LogP contribution >= 0.6 is 0 Å². The number of halogens is 2. The van der Waals surface area contributed by atoms with Crippen molar-refractivity contribution < 1.29 is 23.5 Å². The molecule has 4 atom stereocenters. The van der Waals surface area contributed by atoms with Crippen LogP contribution in [-0.2, 0) is 9.47 Å². The number of rotatable bonds is 3. The maximum Gasteiger partial charge on any atom is 0.249 e. The van der Waals surface area contributed by atoms with Crippen molar-refractivity contribution in [3.05, 3.63) is 82.7 Å². The van der Waals surface area contributed by atoms with Crippen molar-refractivity contribution in [3.63, 3.8) is 0 Å². The lowest BCUT2D eigenvalue weighted by molar-refractivity contribution is 0.109. The fourth-order valence-electron chi connectivity index (χ4n) is 3.43. The molecule has 0 amide bonds. The normalized spacial score (nSPS) is 26.0. The molecule has 2 aliphatic rings. The van der Waals surface area contributed by atoms with E-state index in [1.54, 1.807) is 24.3 Å². The Hall–Kier alpha value is -3.02. The highest BCUT2D eigenvalue weighted by Crippen LogP contribution is 2.32. The molecule has 8 heteroatoms. The lowest BCUT2D eigenvalue weighted by Crippen LogP contribution is -2.23. The molecular weight excluding hydrogens is 392 g/mol. The number of nitrogens with zero attached hydrogens (tertiary/aromatic N) is 2. The molecule has 2 aromatic rings. The minimum atomic E-state index is -0.269. The van der Waals surface area contributed by atoms with Crippen LogP contribution in [0.15, 0.2) is 53.7 Å². The van der Waals surface area contributed by atoms with E-state index in [1.807, 2.05) is 0 Å². The summed E-state index contributed by atoms with van der Waals surface area (Å²) in [5.74, 6) is -0.395. The van der Waals surface area contributed by atoms with Gasteiger partial charge in [-0.3, -0.25) is 0 Å². The summed E-state index contributed by atoms with van der Waals surface area (Å²) < 4.78 is 36.3. The second-order valence-corrected chi connectivity index (χ2v) is 7.22. The molecule has 0 spiro atoms. The molecule has 0 saturated carbocycles. The number of nitrogens with two attached hydrogens (primary N) is 1. The summed E-state index contributed by atoms with van der Waals surface area (Å²) >= 11 is 0. The highest BCUT2D eigenvalue weighted by Gasteiger charge is 2.30. The van der Waals surface area contributed by atoms with Gasteiger partial charge in [-0.1, -0.05) is 29.4 Å². The second kappa shape index (κ2) is 10.1. The van der Waals surface area contributed by atoms with Gasteiger partial charge in [-0.15, -0.1) is 0 Å². The van der Waals surface area contributed by atoms with Crippen molar-refractivity contribution in [2.45, 2.75) is 31.1 Å². The van der Waals surface area contributed by atoms with E-state index in [1.165, 1.54) is 24.3 Å². The molecule has 0 aliphatic carbocycles. The summed E-state index contributed by atoms with van der Waals surface area (Å²) in [6, 6.07) is 12.4. The summed E-state index contributed by atoms with van der Waals surface area (Å²) in [6.45, 7) is 7.79. The molecule has 2 fully saturated rings. The molecule has 2 saturated heterocycles. The van der Waals surface area contributed by atoms with Crippen LogP contribution in [0.4, 0.5) is 8.78 Å². The Labute approximate surface area is 173 Å². The van der Waals surface area contributed by atoms with E-state index < -0.39 is 0 Å². The van der Waals surface area contributed by atoms with E-state index in [-0.39, 0.29) is 41.6 Å². The molecule has 0 radical (unpaired) electrons. The van der Waals surface area contributed by atoms with Crippen molar-refractivity contribution >= 4 is 5.84 Å². The highest BCUT2D eigenvalue weighted by molar-refractivity contribution is 5.82. The average molecular weight is 415 g/mol. The van der Waals surface area contributed by atoms with Gasteiger partial charge >= 0.3 is 0 Å². The predicted molar refractivity (Wildman–Crippen MR) is 107 cm³/mol.